The van der Waals surface area contributed by atoms with E-state index in [1.54, 1.807) is 0 Å². The van der Waals surface area contributed by atoms with Gasteiger partial charge in [-0.1, -0.05) is 0 Å². The van der Waals surface area contributed by atoms with E-state index in [4.69, 9.17) is 5.26 Å². The van der Waals surface area contributed by atoms with Gasteiger partial charge in [-0.2, -0.15) is 5.26 Å². The first-order valence-corrected chi connectivity index (χ1v) is 3.47. The van der Waals surface area contributed by atoms with Crippen LogP contribution >= 0.6 is 0 Å². The minimum absolute atomic E-state index is 0.106. The lowest BCUT2D eigenvalue weighted by molar-refractivity contribution is 0.451. The van der Waals surface area contributed by atoms with Crippen LogP contribution in [0.3, 0.4) is 0 Å². The van der Waals surface area contributed by atoms with Gasteiger partial charge in [-0.25, -0.2) is 17.6 Å². The third kappa shape index (κ3) is 1.74. The molecular formula is C9H3F4N. The van der Waals surface area contributed by atoms with Crippen molar-refractivity contribution < 1.29 is 17.6 Å². The van der Waals surface area contributed by atoms with Crippen molar-refractivity contribution in [2.75, 3.05) is 0 Å². The quantitative estimate of drug-likeness (QED) is 0.389. The maximum absolute atomic E-state index is 12.8. The SMILES string of the molecule is N#CC=Cc1c(F)c(F)cc(F)c1F. The molecule has 1 rings (SSSR count). The Morgan fingerprint density at radius 3 is 2.00 bits per heavy atom. The van der Waals surface area contributed by atoms with Gasteiger partial charge in [-0.15, -0.1) is 0 Å². The first-order chi connectivity index (χ1) is 6.57. The highest BCUT2D eigenvalue weighted by Crippen LogP contribution is 2.20. The summed E-state index contributed by atoms with van der Waals surface area (Å²) in [6.45, 7) is 0. The summed E-state index contributed by atoms with van der Waals surface area (Å²) < 4.78 is 50.7. The molecule has 0 fully saturated rings. The highest BCUT2D eigenvalue weighted by Gasteiger charge is 2.16. The average molecular weight is 201 g/mol. The lowest BCUT2D eigenvalue weighted by Gasteiger charge is -2.00. The van der Waals surface area contributed by atoms with E-state index in [1.165, 1.54) is 6.07 Å². The van der Waals surface area contributed by atoms with Crippen molar-refractivity contribution in [3.05, 3.63) is 41.0 Å². The van der Waals surface area contributed by atoms with Crippen molar-refractivity contribution in [3.8, 4) is 6.07 Å². The van der Waals surface area contributed by atoms with Gasteiger partial charge in [0.2, 0.25) is 0 Å². The molecule has 1 aromatic rings. The topological polar surface area (TPSA) is 23.8 Å². The van der Waals surface area contributed by atoms with Crippen LogP contribution in [0.1, 0.15) is 5.56 Å². The van der Waals surface area contributed by atoms with Crippen molar-refractivity contribution in [1.82, 2.24) is 0 Å². The Hall–Kier alpha value is -1.83. The molecule has 0 atom stereocenters. The van der Waals surface area contributed by atoms with Crippen LogP contribution in [0.5, 0.6) is 0 Å². The highest BCUT2D eigenvalue weighted by molar-refractivity contribution is 5.53. The van der Waals surface area contributed by atoms with Crippen LogP contribution in [0.15, 0.2) is 12.1 Å². The van der Waals surface area contributed by atoms with Gasteiger partial charge >= 0.3 is 0 Å². The normalized spacial score (nSPS) is 10.5. The Balaban J connectivity index is 3.41. The molecule has 0 saturated carbocycles. The Morgan fingerprint density at radius 1 is 1.07 bits per heavy atom. The minimum Gasteiger partial charge on any atom is -0.204 e. The van der Waals surface area contributed by atoms with Crippen LogP contribution in [0.2, 0.25) is 0 Å². The fourth-order valence-electron chi connectivity index (χ4n) is 0.859. The average Bonchev–Trinajstić information content (AvgIpc) is 2.15. The molecule has 1 aromatic carbocycles. The van der Waals surface area contributed by atoms with Crippen LogP contribution in [-0.2, 0) is 0 Å². The van der Waals surface area contributed by atoms with E-state index in [-0.39, 0.29) is 6.07 Å². The fourth-order valence-corrected chi connectivity index (χ4v) is 0.859. The molecule has 0 saturated heterocycles. The van der Waals surface area contributed by atoms with E-state index in [0.29, 0.717) is 6.08 Å². The summed E-state index contributed by atoms with van der Waals surface area (Å²) in [4.78, 5) is 0. The molecule has 0 aliphatic rings. The molecule has 0 unspecified atom stereocenters. The molecule has 5 heteroatoms. The molecule has 0 aliphatic carbocycles. The Labute approximate surface area is 76.9 Å². The summed E-state index contributed by atoms with van der Waals surface area (Å²) in [5.41, 5.74) is -0.899. The smallest absolute Gasteiger partial charge is 0.169 e. The summed E-state index contributed by atoms with van der Waals surface area (Å²) in [5.74, 6) is -6.03. The zero-order chi connectivity index (χ0) is 10.7. The van der Waals surface area contributed by atoms with Gasteiger partial charge in [0.1, 0.15) is 0 Å². The number of halogens is 4. The van der Waals surface area contributed by atoms with Crippen molar-refractivity contribution in [2.45, 2.75) is 0 Å². The predicted octanol–water partition coefficient (Wildman–Crippen LogP) is 2.78. The molecule has 0 bridgehead atoms. The second-order valence-corrected chi connectivity index (χ2v) is 2.34. The third-order valence-corrected chi connectivity index (χ3v) is 1.47. The minimum atomic E-state index is -1.52. The Morgan fingerprint density at radius 2 is 1.57 bits per heavy atom. The second kappa shape index (κ2) is 3.92. The van der Waals surface area contributed by atoms with Gasteiger partial charge in [0.05, 0.1) is 11.6 Å². The molecule has 0 aliphatic heterocycles. The third-order valence-electron chi connectivity index (χ3n) is 1.47. The number of benzene rings is 1. The van der Waals surface area contributed by atoms with Crippen molar-refractivity contribution >= 4 is 6.08 Å². The summed E-state index contributed by atoms with van der Waals surface area (Å²) in [7, 11) is 0. The number of nitrogens with zero attached hydrogens (tertiary/aromatic N) is 1. The lowest BCUT2D eigenvalue weighted by atomic mass is 10.1. The van der Waals surface area contributed by atoms with Gasteiger partial charge < -0.3 is 0 Å². The maximum atomic E-state index is 12.8. The van der Waals surface area contributed by atoms with Crippen LogP contribution < -0.4 is 0 Å². The first kappa shape index (κ1) is 10.3. The van der Waals surface area contributed by atoms with Crippen molar-refractivity contribution in [2.24, 2.45) is 0 Å². The summed E-state index contributed by atoms with van der Waals surface area (Å²) in [5, 5.41) is 8.08. The van der Waals surface area contributed by atoms with E-state index in [0.717, 1.165) is 6.08 Å². The Bertz CT molecular complexity index is 405. The summed E-state index contributed by atoms with van der Waals surface area (Å²) in [6.07, 6.45) is 1.39. The van der Waals surface area contributed by atoms with Gasteiger partial charge in [-0.05, 0) is 6.08 Å². The van der Waals surface area contributed by atoms with Crippen LogP contribution in [-0.4, -0.2) is 0 Å². The second-order valence-electron chi connectivity index (χ2n) is 2.34. The van der Waals surface area contributed by atoms with E-state index in [9.17, 15) is 17.6 Å². The van der Waals surface area contributed by atoms with E-state index >= 15 is 0 Å². The number of hydrogen-bond acceptors (Lipinski definition) is 1. The van der Waals surface area contributed by atoms with Gasteiger partial charge in [0, 0.05) is 12.1 Å². The van der Waals surface area contributed by atoms with E-state index < -0.39 is 28.8 Å². The molecule has 0 aromatic heterocycles. The van der Waals surface area contributed by atoms with Crippen molar-refractivity contribution in [1.29, 1.82) is 5.26 Å². The molecule has 1 nitrogen and oxygen atoms in total. The molecule has 0 heterocycles. The van der Waals surface area contributed by atoms with Crippen LogP contribution in [0, 0.1) is 34.6 Å². The summed E-state index contributed by atoms with van der Waals surface area (Å²) in [6, 6.07) is 1.56. The standard InChI is InChI=1S/C9H3F4N/c10-6-4-7(11)9(13)5(8(6)12)2-1-3-14/h1-2,4H. The van der Waals surface area contributed by atoms with Gasteiger partial charge in [0.25, 0.3) is 0 Å². The van der Waals surface area contributed by atoms with E-state index in [1.807, 2.05) is 0 Å². The lowest BCUT2D eigenvalue weighted by Crippen LogP contribution is -1.97. The zero-order valence-corrected chi connectivity index (χ0v) is 6.69. The first-order valence-electron chi connectivity index (χ1n) is 3.47. The monoisotopic (exact) mass is 201 g/mol. The number of hydrogen-bond donors (Lipinski definition) is 0. The predicted molar refractivity (Wildman–Crippen MR) is 40.9 cm³/mol. The van der Waals surface area contributed by atoms with Crippen LogP contribution in [0.25, 0.3) is 6.08 Å². The maximum Gasteiger partial charge on any atom is 0.169 e. The number of nitriles is 1. The van der Waals surface area contributed by atoms with Crippen molar-refractivity contribution in [3.63, 3.8) is 0 Å². The van der Waals surface area contributed by atoms with E-state index in [2.05, 4.69) is 0 Å². The number of rotatable bonds is 1. The van der Waals surface area contributed by atoms with Gasteiger partial charge in [-0.3, -0.25) is 0 Å². The molecule has 0 amide bonds. The summed E-state index contributed by atoms with van der Waals surface area (Å²) >= 11 is 0. The molecule has 0 N–H and O–H groups in total. The largest absolute Gasteiger partial charge is 0.204 e. The Kier molecular flexibility index (Phi) is 2.87. The molecule has 72 valence electrons. The zero-order valence-electron chi connectivity index (χ0n) is 6.69. The molecule has 0 spiro atoms. The van der Waals surface area contributed by atoms with Gasteiger partial charge in [0.15, 0.2) is 23.3 Å². The number of allylic oxidation sites excluding steroid dienone is 1. The molecule has 0 radical (unpaired) electrons. The molecule has 14 heavy (non-hydrogen) atoms. The van der Waals surface area contributed by atoms with Crippen LogP contribution in [0.4, 0.5) is 17.6 Å². The fraction of sp³-hybridized carbons (Fsp3) is 0. The highest BCUT2D eigenvalue weighted by atomic mass is 19.2. The molecular weight excluding hydrogens is 198 g/mol.